The number of carbonyl (C=O) groups is 1. The summed E-state index contributed by atoms with van der Waals surface area (Å²) in [5, 5.41) is 9.86. The third kappa shape index (κ3) is 3.01. The van der Waals surface area contributed by atoms with E-state index < -0.39 is 11.4 Å². The van der Waals surface area contributed by atoms with Gasteiger partial charge in [0.15, 0.2) is 0 Å². The minimum absolute atomic E-state index is 0.545. The summed E-state index contributed by atoms with van der Waals surface area (Å²) in [6.45, 7) is 5.18. The van der Waals surface area contributed by atoms with Crippen molar-refractivity contribution in [1.29, 1.82) is 0 Å². The number of benzene rings is 1. The highest BCUT2D eigenvalue weighted by Crippen LogP contribution is 2.35. The molecule has 23 heavy (non-hydrogen) atoms. The fourth-order valence-corrected chi connectivity index (χ4v) is 3.47. The van der Waals surface area contributed by atoms with Crippen molar-refractivity contribution < 1.29 is 9.90 Å². The van der Waals surface area contributed by atoms with Gasteiger partial charge in [0, 0.05) is 32.4 Å². The molecule has 122 valence electrons. The van der Waals surface area contributed by atoms with Gasteiger partial charge in [-0.05, 0) is 18.4 Å². The van der Waals surface area contributed by atoms with Crippen molar-refractivity contribution in [2.24, 2.45) is 0 Å². The molecule has 1 aliphatic heterocycles. The lowest BCUT2D eigenvalue weighted by atomic mass is 9.80. The molecule has 5 heteroatoms. The molecule has 0 amide bonds. The van der Waals surface area contributed by atoms with Crippen LogP contribution < -0.4 is 0 Å². The average Bonchev–Trinajstić information content (AvgIpc) is 3.17. The molecule has 2 heterocycles. The summed E-state index contributed by atoms with van der Waals surface area (Å²) >= 11 is 0. The van der Waals surface area contributed by atoms with Crippen LogP contribution in [0, 0.1) is 0 Å². The number of hydrogen-bond acceptors (Lipinski definition) is 3. The van der Waals surface area contributed by atoms with Crippen LogP contribution in [-0.2, 0) is 23.3 Å². The normalized spacial score (nSPS) is 21.6. The summed E-state index contributed by atoms with van der Waals surface area (Å²) in [5.41, 5.74) is 1.26. The van der Waals surface area contributed by atoms with Crippen LogP contribution in [-0.4, -0.2) is 38.6 Å². The van der Waals surface area contributed by atoms with Crippen molar-refractivity contribution in [3.05, 3.63) is 54.1 Å². The van der Waals surface area contributed by atoms with E-state index >= 15 is 0 Å². The molecule has 1 atom stereocenters. The van der Waals surface area contributed by atoms with Gasteiger partial charge in [-0.1, -0.05) is 37.3 Å². The first-order valence-corrected chi connectivity index (χ1v) is 8.16. The first-order chi connectivity index (χ1) is 11.2. The maximum Gasteiger partial charge on any atom is 0.315 e. The molecule has 2 aromatic rings. The quantitative estimate of drug-likeness (QED) is 0.890. The first-order valence-electron chi connectivity index (χ1n) is 8.16. The summed E-state index contributed by atoms with van der Waals surface area (Å²) in [5.74, 6) is -0.728. The van der Waals surface area contributed by atoms with Crippen LogP contribution >= 0.6 is 0 Å². The van der Waals surface area contributed by atoms with Crippen molar-refractivity contribution >= 4 is 5.97 Å². The number of nitrogens with zero attached hydrogens (tertiary/aromatic N) is 3. The number of carboxylic acids is 1. The number of hydrogen-bond donors (Lipinski definition) is 1. The topological polar surface area (TPSA) is 58.4 Å². The third-order valence-corrected chi connectivity index (χ3v) is 4.73. The molecule has 0 spiro atoms. The molecular weight excluding hydrogens is 290 g/mol. The molecule has 1 aromatic heterocycles. The van der Waals surface area contributed by atoms with Crippen LogP contribution in [0.15, 0.2) is 42.9 Å². The highest BCUT2D eigenvalue weighted by Gasteiger charge is 2.46. The molecule has 1 unspecified atom stereocenters. The van der Waals surface area contributed by atoms with Crippen molar-refractivity contribution in [1.82, 2.24) is 14.5 Å². The molecular formula is C18H23N3O2. The number of aryl methyl sites for hydroxylation is 1. The van der Waals surface area contributed by atoms with Crippen molar-refractivity contribution in [3.63, 3.8) is 0 Å². The predicted octanol–water partition coefficient (Wildman–Crippen LogP) is 2.52. The van der Waals surface area contributed by atoms with E-state index in [4.69, 9.17) is 0 Å². The maximum absolute atomic E-state index is 12.0. The van der Waals surface area contributed by atoms with Gasteiger partial charge in [-0.3, -0.25) is 9.69 Å². The third-order valence-electron chi connectivity index (χ3n) is 4.73. The zero-order valence-electron chi connectivity index (χ0n) is 13.5. The van der Waals surface area contributed by atoms with Crippen LogP contribution in [0.5, 0.6) is 0 Å². The highest BCUT2D eigenvalue weighted by molar-refractivity contribution is 5.82. The fraction of sp³-hybridized carbons (Fsp3) is 0.444. The van der Waals surface area contributed by atoms with Crippen molar-refractivity contribution in [3.8, 4) is 0 Å². The number of rotatable bonds is 6. The Kier molecular flexibility index (Phi) is 4.48. The van der Waals surface area contributed by atoms with Gasteiger partial charge in [-0.2, -0.15) is 0 Å². The Morgan fingerprint density at radius 2 is 2.13 bits per heavy atom. The van der Waals surface area contributed by atoms with E-state index in [0.717, 1.165) is 37.3 Å². The largest absolute Gasteiger partial charge is 0.481 e. The molecule has 1 N–H and O–H groups in total. The van der Waals surface area contributed by atoms with E-state index in [-0.39, 0.29) is 0 Å². The van der Waals surface area contributed by atoms with E-state index in [1.165, 1.54) is 0 Å². The Morgan fingerprint density at radius 1 is 1.35 bits per heavy atom. The highest BCUT2D eigenvalue weighted by atomic mass is 16.4. The van der Waals surface area contributed by atoms with Crippen LogP contribution in [0.2, 0.25) is 0 Å². The van der Waals surface area contributed by atoms with Gasteiger partial charge in [0.25, 0.3) is 0 Å². The lowest BCUT2D eigenvalue weighted by Crippen LogP contribution is -2.38. The molecule has 0 radical (unpaired) electrons. The number of likely N-dealkylation sites (tertiary alicyclic amines) is 1. The SMILES string of the molecule is CCCn1cncc1CN1CCC(C(=O)O)(c2ccccc2)C1. The second-order valence-electron chi connectivity index (χ2n) is 6.29. The molecule has 0 bridgehead atoms. The first kappa shape index (κ1) is 15.7. The molecule has 1 aromatic carbocycles. The minimum atomic E-state index is -0.795. The maximum atomic E-state index is 12.0. The summed E-state index contributed by atoms with van der Waals surface area (Å²) in [7, 11) is 0. The second-order valence-corrected chi connectivity index (χ2v) is 6.29. The Bertz CT molecular complexity index is 668. The number of aliphatic carboxylic acids is 1. The molecule has 1 fully saturated rings. The van der Waals surface area contributed by atoms with Crippen LogP contribution in [0.1, 0.15) is 31.0 Å². The molecule has 1 aliphatic rings. The lowest BCUT2D eigenvalue weighted by molar-refractivity contribution is -0.143. The van der Waals surface area contributed by atoms with Crippen molar-refractivity contribution in [2.75, 3.05) is 13.1 Å². The van der Waals surface area contributed by atoms with E-state index in [9.17, 15) is 9.90 Å². The summed E-state index contributed by atoms with van der Waals surface area (Å²) < 4.78 is 2.16. The smallest absolute Gasteiger partial charge is 0.315 e. The van der Waals surface area contributed by atoms with E-state index in [0.29, 0.717) is 13.0 Å². The van der Waals surface area contributed by atoms with Crippen LogP contribution in [0.4, 0.5) is 0 Å². The van der Waals surface area contributed by atoms with Gasteiger partial charge in [-0.25, -0.2) is 4.98 Å². The molecule has 1 saturated heterocycles. The van der Waals surface area contributed by atoms with Gasteiger partial charge in [-0.15, -0.1) is 0 Å². The zero-order chi connectivity index (χ0) is 16.3. The Balaban J connectivity index is 1.78. The minimum Gasteiger partial charge on any atom is -0.481 e. The second kappa shape index (κ2) is 6.54. The Hall–Kier alpha value is -2.14. The number of imidazole rings is 1. The van der Waals surface area contributed by atoms with Gasteiger partial charge >= 0.3 is 5.97 Å². The van der Waals surface area contributed by atoms with Gasteiger partial charge in [0.1, 0.15) is 5.41 Å². The summed E-state index contributed by atoms with van der Waals surface area (Å²) in [6, 6.07) is 9.62. The van der Waals surface area contributed by atoms with Gasteiger partial charge < -0.3 is 9.67 Å². The van der Waals surface area contributed by atoms with Gasteiger partial charge in [0.2, 0.25) is 0 Å². The number of aromatic nitrogens is 2. The van der Waals surface area contributed by atoms with Gasteiger partial charge in [0.05, 0.1) is 12.0 Å². The van der Waals surface area contributed by atoms with E-state index in [1.54, 1.807) is 0 Å². The Morgan fingerprint density at radius 3 is 2.83 bits per heavy atom. The molecule has 0 aliphatic carbocycles. The standard InChI is InChI=1S/C18H23N3O2/c1-2-9-21-14-19-11-16(21)12-20-10-8-18(13-20,17(22)23)15-6-4-3-5-7-15/h3-7,11,14H,2,8-10,12-13H2,1H3,(H,22,23). The van der Waals surface area contributed by atoms with E-state index in [2.05, 4.69) is 21.4 Å². The van der Waals surface area contributed by atoms with Crippen LogP contribution in [0.3, 0.4) is 0 Å². The lowest BCUT2D eigenvalue weighted by Gasteiger charge is -2.25. The molecule has 5 nitrogen and oxygen atoms in total. The average molecular weight is 313 g/mol. The Labute approximate surface area is 136 Å². The zero-order valence-corrected chi connectivity index (χ0v) is 13.5. The van der Waals surface area contributed by atoms with Crippen LogP contribution in [0.25, 0.3) is 0 Å². The number of carboxylic acid groups (broad SMARTS) is 1. The predicted molar refractivity (Wildman–Crippen MR) is 88.2 cm³/mol. The fourth-order valence-electron chi connectivity index (χ4n) is 3.47. The summed E-state index contributed by atoms with van der Waals surface area (Å²) in [4.78, 5) is 18.5. The van der Waals surface area contributed by atoms with E-state index in [1.807, 2.05) is 42.9 Å². The monoisotopic (exact) mass is 313 g/mol. The summed E-state index contributed by atoms with van der Waals surface area (Å²) in [6.07, 6.45) is 5.45. The molecule has 0 saturated carbocycles. The molecule has 3 rings (SSSR count). The van der Waals surface area contributed by atoms with Crippen molar-refractivity contribution in [2.45, 2.75) is 38.3 Å².